The number of nitrogens with zero attached hydrogens (tertiary/aromatic N) is 4. The number of carbonyl (C=O) groups excluding carboxylic acids is 3. The lowest BCUT2D eigenvalue weighted by Gasteiger charge is -2.33. The van der Waals surface area contributed by atoms with Gasteiger partial charge in [0.05, 0.1) is 23.1 Å². The second-order valence-corrected chi connectivity index (χ2v) is 11.7. The van der Waals surface area contributed by atoms with Crippen LogP contribution in [0, 0.1) is 6.92 Å². The summed E-state index contributed by atoms with van der Waals surface area (Å²) < 4.78 is 48.7. The van der Waals surface area contributed by atoms with Crippen molar-refractivity contribution in [3.8, 4) is 0 Å². The zero-order chi connectivity index (χ0) is 30.7. The summed E-state index contributed by atoms with van der Waals surface area (Å²) in [6, 6.07) is 6.25. The molecule has 2 N–H and O–H groups in total. The number of anilines is 1. The molecule has 0 atom stereocenters. The van der Waals surface area contributed by atoms with Gasteiger partial charge in [-0.15, -0.1) is 0 Å². The molecule has 0 unspecified atom stereocenters. The average Bonchev–Trinajstić information content (AvgIpc) is 3.27. The van der Waals surface area contributed by atoms with Gasteiger partial charge in [0.15, 0.2) is 5.69 Å². The lowest BCUT2D eigenvalue weighted by molar-refractivity contribution is -0.141. The van der Waals surface area contributed by atoms with Crippen LogP contribution in [0.4, 0.5) is 23.7 Å². The second kappa shape index (κ2) is 12.4. The summed E-state index contributed by atoms with van der Waals surface area (Å²) in [4.78, 5) is 47.5. The number of nitrogens with one attached hydrogen (secondary N) is 2. The van der Waals surface area contributed by atoms with Crippen molar-refractivity contribution in [2.75, 3.05) is 18.4 Å². The molecule has 4 rings (SSSR count). The van der Waals surface area contributed by atoms with E-state index in [-0.39, 0.29) is 35.7 Å². The van der Waals surface area contributed by atoms with Crippen molar-refractivity contribution in [1.82, 2.24) is 24.6 Å². The maximum Gasteiger partial charge on any atom is 0.434 e. The van der Waals surface area contributed by atoms with Crippen LogP contribution in [0.25, 0.3) is 0 Å². The SMILES string of the molecule is Cc1nsc(Cc2cncc(C(F)(F)F)n2)c1C(=O)Nc1ccc(C(=O)NC2CCN(C(=O)OC(C)(C)C)CC2)cc1. The molecule has 1 fully saturated rings. The standard InChI is InChI=1S/C28H31F3N6O4S/c1-16-23(21(42-36-16)13-20-14-32-15-22(33-20)28(29,30)31)25(39)35-18-7-5-17(6-8-18)24(38)34-19-9-11-37(12-10-19)26(40)41-27(2,3)4/h5-8,14-15,19H,9-13H2,1-4H3,(H,34,38)(H,35,39). The molecule has 224 valence electrons. The van der Waals surface area contributed by atoms with Crippen LogP contribution in [-0.4, -0.2) is 61.9 Å². The Bertz CT molecular complexity index is 1450. The predicted molar refractivity (Wildman–Crippen MR) is 149 cm³/mol. The highest BCUT2D eigenvalue weighted by atomic mass is 32.1. The van der Waals surface area contributed by atoms with Crippen molar-refractivity contribution in [3.63, 3.8) is 0 Å². The van der Waals surface area contributed by atoms with Gasteiger partial charge in [-0.2, -0.15) is 17.5 Å². The Labute approximate surface area is 244 Å². The number of carbonyl (C=O) groups is 3. The fraction of sp³-hybridized carbons (Fsp3) is 0.429. The number of rotatable bonds is 6. The van der Waals surface area contributed by atoms with Gasteiger partial charge < -0.3 is 20.3 Å². The Hall–Kier alpha value is -4.07. The molecule has 1 aliphatic heterocycles. The van der Waals surface area contributed by atoms with Gasteiger partial charge in [0, 0.05) is 47.9 Å². The molecular weight excluding hydrogens is 573 g/mol. The van der Waals surface area contributed by atoms with E-state index in [0.29, 0.717) is 53.9 Å². The summed E-state index contributed by atoms with van der Waals surface area (Å²) in [5.41, 5.74) is -0.106. The van der Waals surface area contributed by atoms with Crippen LogP contribution in [0.1, 0.15) is 76.3 Å². The van der Waals surface area contributed by atoms with Crippen molar-refractivity contribution in [1.29, 1.82) is 0 Å². The van der Waals surface area contributed by atoms with E-state index in [2.05, 4.69) is 25.0 Å². The molecule has 2 aromatic heterocycles. The number of alkyl halides is 3. The Kier molecular flexibility index (Phi) is 9.14. The number of amides is 3. The van der Waals surface area contributed by atoms with Gasteiger partial charge in [0.2, 0.25) is 0 Å². The highest BCUT2D eigenvalue weighted by Gasteiger charge is 2.33. The number of ether oxygens (including phenoxy) is 1. The van der Waals surface area contributed by atoms with Crippen LogP contribution < -0.4 is 10.6 Å². The summed E-state index contributed by atoms with van der Waals surface area (Å²) in [6.07, 6.45) is -1.97. The van der Waals surface area contributed by atoms with E-state index >= 15 is 0 Å². The first kappa shape index (κ1) is 30.9. The van der Waals surface area contributed by atoms with Crippen molar-refractivity contribution >= 4 is 35.1 Å². The van der Waals surface area contributed by atoms with E-state index in [1.165, 1.54) is 6.20 Å². The van der Waals surface area contributed by atoms with E-state index in [0.717, 1.165) is 11.5 Å². The molecule has 1 aliphatic rings. The Morgan fingerprint density at radius 2 is 1.71 bits per heavy atom. The van der Waals surface area contributed by atoms with Crippen molar-refractivity contribution in [2.45, 2.75) is 64.8 Å². The number of aryl methyl sites for hydroxylation is 1. The monoisotopic (exact) mass is 604 g/mol. The largest absolute Gasteiger partial charge is 0.444 e. The Morgan fingerprint density at radius 1 is 1.05 bits per heavy atom. The number of halogens is 3. The Balaban J connectivity index is 1.33. The van der Waals surface area contributed by atoms with Crippen LogP contribution in [0.5, 0.6) is 0 Å². The van der Waals surface area contributed by atoms with Crippen molar-refractivity contribution < 1.29 is 32.3 Å². The summed E-state index contributed by atoms with van der Waals surface area (Å²) in [5, 5.41) is 5.74. The molecule has 1 aromatic carbocycles. The van der Waals surface area contributed by atoms with Gasteiger partial charge in [0.1, 0.15) is 5.60 Å². The molecule has 14 heteroatoms. The molecular formula is C28H31F3N6O4S. The second-order valence-electron chi connectivity index (χ2n) is 10.9. The van der Waals surface area contributed by atoms with Gasteiger partial charge in [-0.3, -0.25) is 14.6 Å². The quantitative estimate of drug-likeness (QED) is 0.395. The number of likely N-dealkylation sites (tertiary alicyclic amines) is 1. The van der Waals surface area contributed by atoms with Crippen LogP contribution in [0.15, 0.2) is 36.7 Å². The van der Waals surface area contributed by atoms with Gasteiger partial charge in [0.25, 0.3) is 11.8 Å². The van der Waals surface area contributed by atoms with E-state index < -0.39 is 23.4 Å². The van der Waals surface area contributed by atoms with Crippen LogP contribution in [-0.2, 0) is 17.3 Å². The van der Waals surface area contributed by atoms with Crippen LogP contribution in [0.2, 0.25) is 0 Å². The number of hydrogen-bond donors (Lipinski definition) is 2. The molecule has 3 heterocycles. The highest BCUT2D eigenvalue weighted by molar-refractivity contribution is 7.06. The fourth-order valence-electron chi connectivity index (χ4n) is 4.32. The number of hydrogen-bond acceptors (Lipinski definition) is 8. The first-order valence-electron chi connectivity index (χ1n) is 13.2. The molecule has 3 aromatic rings. The van der Waals surface area contributed by atoms with E-state index in [9.17, 15) is 27.6 Å². The minimum absolute atomic E-state index is 0.0407. The average molecular weight is 605 g/mol. The summed E-state index contributed by atoms with van der Waals surface area (Å²) >= 11 is 1.01. The van der Waals surface area contributed by atoms with Crippen molar-refractivity contribution in [2.24, 2.45) is 0 Å². The molecule has 3 amide bonds. The maximum atomic E-state index is 13.1. The maximum absolute atomic E-state index is 13.1. The van der Waals surface area contributed by atoms with Crippen molar-refractivity contribution in [3.05, 3.63) is 69.7 Å². The Morgan fingerprint density at radius 3 is 2.33 bits per heavy atom. The summed E-state index contributed by atoms with van der Waals surface area (Å²) in [7, 11) is 0. The molecule has 0 bridgehead atoms. The minimum Gasteiger partial charge on any atom is -0.444 e. The highest BCUT2D eigenvalue weighted by Crippen LogP contribution is 2.28. The molecule has 10 nitrogen and oxygen atoms in total. The molecule has 42 heavy (non-hydrogen) atoms. The van der Waals surface area contributed by atoms with Gasteiger partial charge in [-0.25, -0.2) is 9.78 Å². The predicted octanol–water partition coefficient (Wildman–Crippen LogP) is 5.23. The molecule has 1 saturated heterocycles. The smallest absolute Gasteiger partial charge is 0.434 e. The summed E-state index contributed by atoms with van der Waals surface area (Å²) in [6.45, 7) is 8.03. The van der Waals surface area contributed by atoms with E-state index in [1.807, 2.05) is 20.8 Å². The first-order chi connectivity index (χ1) is 19.7. The third-order valence-corrected chi connectivity index (χ3v) is 7.30. The lowest BCUT2D eigenvalue weighted by atomic mass is 10.0. The molecule has 0 spiro atoms. The third-order valence-electron chi connectivity index (χ3n) is 6.36. The minimum atomic E-state index is -4.63. The van der Waals surface area contributed by atoms with Gasteiger partial charge >= 0.3 is 12.3 Å². The third kappa shape index (κ3) is 8.02. The number of benzene rings is 1. The molecule has 0 saturated carbocycles. The van der Waals surface area contributed by atoms with Gasteiger partial charge in [-0.05, 0) is 76.3 Å². The lowest BCUT2D eigenvalue weighted by Crippen LogP contribution is -2.47. The summed E-state index contributed by atoms with van der Waals surface area (Å²) in [5.74, 6) is -0.754. The zero-order valence-electron chi connectivity index (χ0n) is 23.5. The fourth-order valence-corrected chi connectivity index (χ4v) is 5.20. The zero-order valence-corrected chi connectivity index (χ0v) is 24.4. The van der Waals surface area contributed by atoms with E-state index in [1.54, 1.807) is 36.1 Å². The molecule has 0 aliphatic carbocycles. The van der Waals surface area contributed by atoms with E-state index in [4.69, 9.17) is 4.74 Å². The number of aromatic nitrogens is 3. The van der Waals surface area contributed by atoms with Crippen LogP contribution in [0.3, 0.4) is 0 Å². The normalized spacial score (nSPS) is 14.4. The van der Waals surface area contributed by atoms with Crippen LogP contribution >= 0.6 is 11.5 Å². The van der Waals surface area contributed by atoms with Gasteiger partial charge in [-0.1, -0.05) is 0 Å². The first-order valence-corrected chi connectivity index (χ1v) is 14.0. The topological polar surface area (TPSA) is 126 Å². The molecule has 0 radical (unpaired) electrons. The number of piperidine rings is 1.